The number of likely N-dealkylation sites (tertiary alicyclic amines) is 1. The van der Waals surface area contributed by atoms with Crippen molar-refractivity contribution in [1.29, 1.82) is 0 Å². The molecule has 4 atom stereocenters. The van der Waals surface area contributed by atoms with Crippen LogP contribution in [0, 0.1) is 16.0 Å². The van der Waals surface area contributed by atoms with Crippen LogP contribution in [0.15, 0.2) is 24.3 Å². The Bertz CT molecular complexity index is 622. The zero-order chi connectivity index (χ0) is 19.3. The summed E-state index contributed by atoms with van der Waals surface area (Å²) in [6.07, 6.45) is 1.76. The van der Waals surface area contributed by atoms with Gasteiger partial charge in [-0.25, -0.2) is 0 Å². The van der Waals surface area contributed by atoms with Crippen molar-refractivity contribution in [1.82, 2.24) is 10.2 Å². The number of likely N-dealkylation sites (N-methyl/N-ethyl adjacent to an activating group) is 1. The van der Waals surface area contributed by atoms with Crippen LogP contribution >= 0.6 is 0 Å². The van der Waals surface area contributed by atoms with Gasteiger partial charge < -0.3 is 15.5 Å². The van der Waals surface area contributed by atoms with Gasteiger partial charge in [0.1, 0.15) is 6.10 Å². The van der Waals surface area contributed by atoms with Gasteiger partial charge in [0.05, 0.1) is 23.6 Å². The van der Waals surface area contributed by atoms with Crippen LogP contribution in [0.25, 0.3) is 0 Å². The quantitative estimate of drug-likeness (QED) is 0.471. The first-order valence-electron chi connectivity index (χ1n) is 8.91. The molecule has 0 aliphatic carbocycles. The second-order valence-electron chi connectivity index (χ2n) is 6.94. The molecule has 1 aromatic carbocycles. The molecular weight excluding hydrogens is 338 g/mol. The first-order chi connectivity index (χ1) is 12.4. The minimum atomic E-state index is -1.15. The van der Waals surface area contributed by atoms with Gasteiger partial charge in [0.2, 0.25) is 5.91 Å². The van der Waals surface area contributed by atoms with E-state index in [1.54, 1.807) is 0 Å². The molecular formula is C18H27N3O5. The number of carbonyl (C=O) groups is 1. The fourth-order valence-corrected chi connectivity index (χ4v) is 3.56. The predicted octanol–water partition coefficient (Wildman–Crippen LogP) is 1.23. The third-order valence-electron chi connectivity index (χ3n) is 4.99. The Hall–Kier alpha value is -2.03. The largest absolute Gasteiger partial charge is 0.394 e. The molecule has 144 valence electrons. The van der Waals surface area contributed by atoms with Gasteiger partial charge in [-0.3, -0.25) is 19.8 Å². The van der Waals surface area contributed by atoms with Crippen LogP contribution in [0.4, 0.5) is 5.69 Å². The molecule has 1 fully saturated rings. The summed E-state index contributed by atoms with van der Waals surface area (Å²) in [7, 11) is 1.90. The molecule has 1 aliphatic rings. The fourth-order valence-electron chi connectivity index (χ4n) is 3.56. The van der Waals surface area contributed by atoms with E-state index in [1.807, 2.05) is 11.9 Å². The van der Waals surface area contributed by atoms with Gasteiger partial charge in [0.25, 0.3) is 5.69 Å². The first kappa shape index (κ1) is 20.3. The number of carbonyl (C=O) groups excluding carboxylic acids is 1. The lowest BCUT2D eigenvalue weighted by atomic mass is 9.99. The molecule has 2 rings (SSSR count). The van der Waals surface area contributed by atoms with E-state index in [0.29, 0.717) is 11.5 Å². The van der Waals surface area contributed by atoms with E-state index < -0.39 is 23.7 Å². The smallest absolute Gasteiger partial charge is 0.269 e. The highest BCUT2D eigenvalue weighted by atomic mass is 16.6. The Labute approximate surface area is 153 Å². The summed E-state index contributed by atoms with van der Waals surface area (Å²) in [5.41, 5.74) is 0.318. The standard InChI is InChI=1S/C18H27N3O5/c1-3-4-12-9-16(20(2)10-12)18(24)19-15(11-22)17(23)13-5-7-14(8-6-13)21(25)26/h5-8,12,15-17,22-23H,3-4,9-11H2,1-2H3,(H,19,24)/t12-,15-,16+,17?/m1/s1. The van der Waals surface area contributed by atoms with Gasteiger partial charge >= 0.3 is 0 Å². The van der Waals surface area contributed by atoms with Crippen molar-refractivity contribution in [3.8, 4) is 0 Å². The molecule has 1 aliphatic heterocycles. The number of nitro groups is 1. The monoisotopic (exact) mass is 365 g/mol. The molecule has 0 spiro atoms. The average Bonchev–Trinajstić information content (AvgIpc) is 2.99. The normalized spacial score (nSPS) is 22.8. The maximum Gasteiger partial charge on any atom is 0.269 e. The van der Waals surface area contributed by atoms with E-state index in [-0.39, 0.29) is 17.6 Å². The molecule has 1 aromatic rings. The molecule has 8 nitrogen and oxygen atoms in total. The molecule has 0 bridgehead atoms. The summed E-state index contributed by atoms with van der Waals surface area (Å²) in [4.78, 5) is 24.8. The zero-order valence-corrected chi connectivity index (χ0v) is 15.2. The average molecular weight is 365 g/mol. The van der Waals surface area contributed by atoms with E-state index in [4.69, 9.17) is 0 Å². The van der Waals surface area contributed by atoms with Gasteiger partial charge in [-0.1, -0.05) is 13.3 Å². The molecule has 0 aromatic heterocycles. The van der Waals surface area contributed by atoms with Gasteiger partial charge in [-0.05, 0) is 43.5 Å². The zero-order valence-electron chi connectivity index (χ0n) is 15.2. The molecule has 3 N–H and O–H groups in total. The summed E-state index contributed by atoms with van der Waals surface area (Å²) in [6, 6.07) is 4.28. The van der Waals surface area contributed by atoms with Crippen LogP contribution in [0.3, 0.4) is 0 Å². The fraction of sp³-hybridized carbons (Fsp3) is 0.611. The third-order valence-corrected chi connectivity index (χ3v) is 4.99. The van der Waals surface area contributed by atoms with Crippen molar-refractivity contribution >= 4 is 11.6 Å². The number of aliphatic hydroxyl groups is 2. The third kappa shape index (κ3) is 4.78. The lowest BCUT2D eigenvalue weighted by molar-refractivity contribution is -0.384. The predicted molar refractivity (Wildman–Crippen MR) is 96.5 cm³/mol. The van der Waals surface area contributed by atoms with Gasteiger partial charge in [-0.15, -0.1) is 0 Å². The van der Waals surface area contributed by atoms with Crippen molar-refractivity contribution in [2.45, 2.75) is 44.4 Å². The number of rotatable bonds is 8. The number of nitrogens with zero attached hydrogens (tertiary/aromatic N) is 2. The van der Waals surface area contributed by atoms with E-state index in [9.17, 15) is 25.1 Å². The number of hydrogen-bond acceptors (Lipinski definition) is 6. The second kappa shape index (κ2) is 9.07. The highest BCUT2D eigenvalue weighted by molar-refractivity contribution is 5.82. The number of non-ortho nitro benzene ring substituents is 1. The maximum atomic E-state index is 12.6. The lowest BCUT2D eigenvalue weighted by Crippen LogP contribution is -2.49. The minimum absolute atomic E-state index is 0.0833. The first-order valence-corrected chi connectivity index (χ1v) is 8.91. The van der Waals surface area contributed by atoms with Crippen molar-refractivity contribution in [3.05, 3.63) is 39.9 Å². The number of hydrogen-bond donors (Lipinski definition) is 3. The minimum Gasteiger partial charge on any atom is -0.394 e. The van der Waals surface area contributed by atoms with Gasteiger partial charge in [0.15, 0.2) is 0 Å². The van der Waals surface area contributed by atoms with Crippen molar-refractivity contribution in [2.75, 3.05) is 20.2 Å². The molecule has 1 heterocycles. The summed E-state index contributed by atoms with van der Waals surface area (Å²) in [5, 5.41) is 33.5. The lowest BCUT2D eigenvalue weighted by Gasteiger charge is -2.26. The summed E-state index contributed by atoms with van der Waals surface area (Å²) in [6.45, 7) is 2.55. The Morgan fingerprint density at radius 1 is 1.42 bits per heavy atom. The Morgan fingerprint density at radius 3 is 2.62 bits per heavy atom. The highest BCUT2D eigenvalue weighted by Crippen LogP contribution is 2.26. The Morgan fingerprint density at radius 2 is 2.08 bits per heavy atom. The number of amides is 1. The van der Waals surface area contributed by atoms with Crippen LogP contribution in [0.2, 0.25) is 0 Å². The molecule has 1 unspecified atom stereocenters. The Kier molecular flexibility index (Phi) is 7.07. The van der Waals surface area contributed by atoms with Crippen molar-refractivity contribution < 1.29 is 19.9 Å². The molecule has 1 saturated heterocycles. The summed E-state index contributed by atoms with van der Waals surface area (Å²) in [5.74, 6) is 0.263. The van der Waals surface area contributed by atoms with E-state index in [1.165, 1.54) is 24.3 Å². The van der Waals surface area contributed by atoms with E-state index >= 15 is 0 Å². The number of benzene rings is 1. The summed E-state index contributed by atoms with van der Waals surface area (Å²) >= 11 is 0. The van der Waals surface area contributed by atoms with Crippen molar-refractivity contribution in [2.24, 2.45) is 5.92 Å². The maximum absolute atomic E-state index is 12.6. The van der Waals surface area contributed by atoms with E-state index in [2.05, 4.69) is 12.2 Å². The van der Waals surface area contributed by atoms with Gasteiger partial charge in [0, 0.05) is 18.7 Å². The highest BCUT2D eigenvalue weighted by Gasteiger charge is 2.35. The Balaban J connectivity index is 2.01. The molecule has 26 heavy (non-hydrogen) atoms. The molecule has 0 radical (unpaired) electrons. The second-order valence-corrected chi connectivity index (χ2v) is 6.94. The van der Waals surface area contributed by atoms with Crippen LogP contribution in [-0.2, 0) is 4.79 Å². The molecule has 0 saturated carbocycles. The van der Waals surface area contributed by atoms with Crippen LogP contribution in [0.5, 0.6) is 0 Å². The van der Waals surface area contributed by atoms with E-state index in [0.717, 1.165) is 25.8 Å². The van der Waals surface area contributed by atoms with Crippen LogP contribution < -0.4 is 5.32 Å². The van der Waals surface area contributed by atoms with Crippen molar-refractivity contribution in [3.63, 3.8) is 0 Å². The topological polar surface area (TPSA) is 116 Å². The summed E-state index contributed by atoms with van der Waals surface area (Å²) < 4.78 is 0. The van der Waals surface area contributed by atoms with Crippen LogP contribution in [-0.4, -0.2) is 58.2 Å². The van der Waals surface area contributed by atoms with Crippen LogP contribution in [0.1, 0.15) is 37.9 Å². The number of nitro benzene ring substituents is 1. The molecule has 1 amide bonds. The SMILES string of the molecule is CCC[C@@H]1C[C@@H](C(=O)N[C@H](CO)C(O)c2ccc([N+](=O)[O-])cc2)N(C)C1. The molecule has 8 heteroatoms. The van der Waals surface area contributed by atoms with Gasteiger partial charge in [-0.2, -0.15) is 0 Å². The number of aliphatic hydroxyl groups excluding tert-OH is 2. The number of nitrogens with one attached hydrogen (secondary N) is 1.